The number of nitrogens with two attached hydrogens (primary N) is 1. The Morgan fingerprint density at radius 1 is 1.07 bits per heavy atom. The summed E-state index contributed by atoms with van der Waals surface area (Å²) in [6.45, 7) is 3.07. The number of benzene rings is 2. The second-order valence-corrected chi connectivity index (χ2v) is 8.15. The number of aliphatic hydroxyl groups is 1. The zero-order chi connectivity index (χ0) is 21.6. The van der Waals surface area contributed by atoms with Crippen molar-refractivity contribution in [2.75, 3.05) is 0 Å². The Balaban J connectivity index is 2.26. The van der Waals surface area contributed by atoms with Gasteiger partial charge in [0.05, 0.1) is 22.9 Å². The first-order chi connectivity index (χ1) is 13.4. The van der Waals surface area contributed by atoms with E-state index in [-0.39, 0.29) is 21.8 Å². The molecule has 29 heavy (non-hydrogen) atoms. The summed E-state index contributed by atoms with van der Waals surface area (Å²) >= 11 is 0. The summed E-state index contributed by atoms with van der Waals surface area (Å²) in [5.74, 6) is 0. The van der Waals surface area contributed by atoms with Gasteiger partial charge in [-0.05, 0) is 60.9 Å². The van der Waals surface area contributed by atoms with Crippen LogP contribution in [0.1, 0.15) is 22.4 Å². The van der Waals surface area contributed by atoms with Crippen LogP contribution in [0.25, 0.3) is 16.9 Å². The molecule has 0 atom stereocenters. The normalized spacial score (nSPS) is 12.4. The lowest BCUT2D eigenvalue weighted by Gasteiger charge is -2.12. The van der Waals surface area contributed by atoms with Crippen molar-refractivity contribution in [2.45, 2.75) is 31.5 Å². The minimum atomic E-state index is -4.67. The van der Waals surface area contributed by atoms with Crippen LogP contribution in [0.15, 0.2) is 47.4 Å². The van der Waals surface area contributed by atoms with Gasteiger partial charge in [-0.25, -0.2) is 18.2 Å². The lowest BCUT2D eigenvalue weighted by atomic mass is 10.0. The van der Waals surface area contributed by atoms with Crippen LogP contribution in [0.3, 0.4) is 0 Å². The number of hydrogen-bond acceptors (Lipinski definition) is 4. The van der Waals surface area contributed by atoms with Gasteiger partial charge < -0.3 is 5.11 Å². The molecule has 0 unspecified atom stereocenters. The van der Waals surface area contributed by atoms with Gasteiger partial charge in [-0.1, -0.05) is 12.1 Å². The Morgan fingerprint density at radius 2 is 1.76 bits per heavy atom. The molecule has 0 amide bonds. The van der Waals surface area contributed by atoms with Crippen LogP contribution in [0.2, 0.25) is 0 Å². The van der Waals surface area contributed by atoms with Crippen LogP contribution in [0.4, 0.5) is 13.2 Å². The summed E-state index contributed by atoms with van der Waals surface area (Å²) < 4.78 is 64.3. The molecular formula is C19H18F3N3O3S. The first-order valence-corrected chi connectivity index (χ1v) is 9.98. The van der Waals surface area contributed by atoms with E-state index in [1.807, 2.05) is 13.8 Å². The van der Waals surface area contributed by atoms with Crippen molar-refractivity contribution in [1.82, 2.24) is 9.78 Å². The Labute approximate surface area is 165 Å². The van der Waals surface area contributed by atoms with Gasteiger partial charge in [0.1, 0.15) is 0 Å². The van der Waals surface area contributed by atoms with Gasteiger partial charge in [-0.2, -0.15) is 18.3 Å². The molecule has 154 valence electrons. The van der Waals surface area contributed by atoms with Gasteiger partial charge in [0, 0.05) is 5.56 Å². The number of aryl methyl sites for hydroxylation is 2. The van der Waals surface area contributed by atoms with Crippen LogP contribution >= 0.6 is 0 Å². The largest absolute Gasteiger partial charge is 0.435 e. The molecule has 0 fully saturated rings. The first kappa shape index (κ1) is 21.0. The van der Waals surface area contributed by atoms with Gasteiger partial charge in [0.15, 0.2) is 5.69 Å². The van der Waals surface area contributed by atoms with E-state index in [1.165, 1.54) is 12.1 Å². The predicted octanol–water partition coefficient (Wildman–Crippen LogP) is 3.31. The third kappa shape index (κ3) is 4.19. The maximum Gasteiger partial charge on any atom is 0.435 e. The predicted molar refractivity (Wildman–Crippen MR) is 101 cm³/mol. The Morgan fingerprint density at radius 3 is 2.31 bits per heavy atom. The number of sulfonamides is 1. The maximum atomic E-state index is 13.3. The molecule has 3 rings (SSSR count). The summed E-state index contributed by atoms with van der Waals surface area (Å²) in [4.78, 5) is -0.306. The third-order valence-electron chi connectivity index (χ3n) is 4.57. The highest BCUT2D eigenvalue weighted by Crippen LogP contribution is 2.34. The van der Waals surface area contributed by atoms with Crippen molar-refractivity contribution < 1.29 is 26.7 Å². The van der Waals surface area contributed by atoms with Crippen LogP contribution in [-0.4, -0.2) is 23.3 Å². The zero-order valence-corrected chi connectivity index (χ0v) is 16.3. The number of rotatable bonds is 4. The van der Waals surface area contributed by atoms with Gasteiger partial charge in [0.25, 0.3) is 0 Å². The summed E-state index contributed by atoms with van der Waals surface area (Å²) in [5, 5.41) is 18.3. The second-order valence-electron chi connectivity index (χ2n) is 6.62. The molecule has 0 bridgehead atoms. The highest BCUT2D eigenvalue weighted by Gasteiger charge is 2.35. The summed E-state index contributed by atoms with van der Waals surface area (Å²) in [6.07, 6.45) is -4.67. The standard InChI is InChI=1S/C19H18F3N3O3S/c1-11-3-4-13(7-12(11)2)16-9-18(19(20,21)22)24-25(16)15-5-6-17(29(23,27)28)14(8-15)10-26/h3-9,26H,10H2,1-2H3,(H2,23,27,28). The number of nitrogens with zero attached hydrogens (tertiary/aromatic N) is 2. The SMILES string of the molecule is Cc1ccc(-c2cc(C(F)(F)F)nn2-c2ccc(S(N)(=O)=O)c(CO)c2)cc1C. The van der Waals surface area contributed by atoms with E-state index in [0.717, 1.165) is 27.9 Å². The third-order valence-corrected chi connectivity index (χ3v) is 5.58. The number of primary sulfonamides is 1. The molecule has 3 aromatic rings. The molecule has 0 saturated carbocycles. The van der Waals surface area contributed by atoms with Gasteiger partial charge >= 0.3 is 6.18 Å². The molecular weight excluding hydrogens is 407 g/mol. The van der Waals surface area contributed by atoms with Crippen LogP contribution in [-0.2, 0) is 22.8 Å². The summed E-state index contributed by atoms with van der Waals surface area (Å²) in [5.41, 5.74) is 1.59. The molecule has 3 N–H and O–H groups in total. The van der Waals surface area contributed by atoms with Gasteiger partial charge in [0.2, 0.25) is 10.0 Å². The molecule has 10 heteroatoms. The second kappa shape index (κ2) is 7.29. The topological polar surface area (TPSA) is 98.2 Å². The van der Waals surface area contributed by atoms with E-state index in [0.29, 0.717) is 5.56 Å². The van der Waals surface area contributed by atoms with E-state index in [2.05, 4.69) is 5.10 Å². The minimum absolute atomic E-state index is 0.0416. The molecule has 2 aromatic carbocycles. The van der Waals surface area contributed by atoms with Crippen molar-refractivity contribution >= 4 is 10.0 Å². The number of halogens is 3. The Bertz CT molecular complexity index is 1190. The maximum absolute atomic E-state index is 13.3. The Kier molecular flexibility index (Phi) is 5.28. The monoisotopic (exact) mass is 425 g/mol. The minimum Gasteiger partial charge on any atom is -0.392 e. The smallest absolute Gasteiger partial charge is 0.392 e. The van der Waals surface area contributed by atoms with Gasteiger partial charge in [-0.15, -0.1) is 0 Å². The van der Waals surface area contributed by atoms with Crippen molar-refractivity contribution in [3.63, 3.8) is 0 Å². The summed E-state index contributed by atoms with van der Waals surface area (Å²) in [7, 11) is -4.10. The lowest BCUT2D eigenvalue weighted by molar-refractivity contribution is -0.141. The number of aromatic nitrogens is 2. The highest BCUT2D eigenvalue weighted by atomic mass is 32.2. The van der Waals surface area contributed by atoms with Gasteiger partial charge in [-0.3, -0.25) is 0 Å². The average molecular weight is 425 g/mol. The lowest BCUT2D eigenvalue weighted by Crippen LogP contribution is -2.15. The molecule has 0 spiro atoms. The van der Waals surface area contributed by atoms with E-state index in [9.17, 15) is 26.7 Å². The molecule has 1 heterocycles. The average Bonchev–Trinajstić information content (AvgIpc) is 3.08. The zero-order valence-electron chi connectivity index (χ0n) is 15.5. The molecule has 1 aromatic heterocycles. The van der Waals surface area contributed by atoms with Crippen molar-refractivity contribution in [2.24, 2.45) is 5.14 Å². The summed E-state index contributed by atoms with van der Waals surface area (Å²) in [6, 6.07) is 9.81. The molecule has 0 saturated heterocycles. The van der Waals surface area contributed by atoms with Crippen molar-refractivity contribution in [3.8, 4) is 16.9 Å². The Hall–Kier alpha value is -2.69. The highest BCUT2D eigenvalue weighted by molar-refractivity contribution is 7.89. The van der Waals surface area contributed by atoms with Crippen molar-refractivity contribution in [3.05, 3.63) is 64.8 Å². The molecule has 0 aliphatic carbocycles. The quantitative estimate of drug-likeness (QED) is 0.670. The number of aliphatic hydroxyl groups excluding tert-OH is 1. The van der Waals surface area contributed by atoms with E-state index in [1.54, 1.807) is 18.2 Å². The molecule has 0 aliphatic rings. The molecule has 0 radical (unpaired) electrons. The fourth-order valence-corrected chi connectivity index (χ4v) is 3.67. The van der Waals surface area contributed by atoms with E-state index < -0.39 is 28.5 Å². The van der Waals surface area contributed by atoms with Crippen LogP contribution < -0.4 is 5.14 Å². The van der Waals surface area contributed by atoms with E-state index >= 15 is 0 Å². The number of alkyl halides is 3. The van der Waals surface area contributed by atoms with Crippen LogP contribution in [0, 0.1) is 13.8 Å². The first-order valence-electron chi connectivity index (χ1n) is 8.43. The fourth-order valence-electron chi connectivity index (χ4n) is 2.92. The molecule has 6 nitrogen and oxygen atoms in total. The molecule has 0 aliphatic heterocycles. The fraction of sp³-hybridized carbons (Fsp3) is 0.211. The van der Waals surface area contributed by atoms with Crippen molar-refractivity contribution in [1.29, 1.82) is 0 Å². The number of hydrogen-bond donors (Lipinski definition) is 2. The van der Waals surface area contributed by atoms with Crippen LogP contribution in [0.5, 0.6) is 0 Å². The van der Waals surface area contributed by atoms with E-state index in [4.69, 9.17) is 5.14 Å².